The van der Waals surface area contributed by atoms with Gasteiger partial charge in [-0.15, -0.1) is 0 Å². The second-order valence-corrected chi connectivity index (χ2v) is 8.42. The molecule has 30 heavy (non-hydrogen) atoms. The largest absolute Gasteiger partial charge is 0.462 e. The number of aromatic nitrogens is 4. The van der Waals surface area contributed by atoms with Crippen LogP contribution in [0.4, 0.5) is 17.6 Å². The minimum absolute atomic E-state index is 0.318. The monoisotopic (exact) mass is 417 g/mol. The summed E-state index contributed by atoms with van der Waals surface area (Å²) >= 11 is 0. The molecule has 0 aromatic carbocycles. The summed E-state index contributed by atoms with van der Waals surface area (Å²) in [6.45, 7) is 12.3. The number of hydrogen-bond acceptors (Lipinski definition) is 8. The first kappa shape index (κ1) is 23.6. The van der Waals surface area contributed by atoms with Gasteiger partial charge in [-0.25, -0.2) is 4.98 Å². The van der Waals surface area contributed by atoms with E-state index in [4.69, 9.17) is 0 Å². The lowest BCUT2D eigenvalue weighted by molar-refractivity contribution is -0.138. The number of hydrogen-bond donors (Lipinski definition) is 3. The summed E-state index contributed by atoms with van der Waals surface area (Å²) in [6.07, 6.45) is 4.05. The predicted molar refractivity (Wildman–Crippen MR) is 119 cm³/mol. The Morgan fingerprint density at radius 2 is 2.13 bits per heavy atom. The minimum Gasteiger partial charge on any atom is -0.462 e. The zero-order chi connectivity index (χ0) is 22.1. The summed E-state index contributed by atoms with van der Waals surface area (Å²) in [5.41, 5.74) is 0.768. The quantitative estimate of drug-likeness (QED) is 0.616. The first-order chi connectivity index (χ1) is 14.2. The third kappa shape index (κ3) is 7.62. The van der Waals surface area contributed by atoms with E-state index >= 15 is 0 Å². The summed E-state index contributed by atoms with van der Waals surface area (Å²) in [7, 11) is 1.92. The van der Waals surface area contributed by atoms with Crippen molar-refractivity contribution in [1.29, 1.82) is 0 Å². The Labute approximate surface area is 179 Å². The van der Waals surface area contributed by atoms with Crippen molar-refractivity contribution in [3.05, 3.63) is 24.0 Å². The van der Waals surface area contributed by atoms with Gasteiger partial charge < -0.3 is 20.7 Å². The lowest BCUT2D eigenvalue weighted by Gasteiger charge is -2.32. The molecule has 0 bridgehead atoms. The van der Waals surface area contributed by atoms with Gasteiger partial charge in [-0.1, -0.05) is 13.3 Å². The normalized spacial score (nSPS) is 18.7. The fourth-order valence-corrected chi connectivity index (χ4v) is 3.11. The molecule has 3 rings (SSSR count). The molecule has 0 spiro atoms. The van der Waals surface area contributed by atoms with Gasteiger partial charge in [0.25, 0.3) is 6.47 Å². The van der Waals surface area contributed by atoms with Crippen LogP contribution in [0.25, 0.3) is 0 Å². The molecule has 2 unspecified atom stereocenters. The van der Waals surface area contributed by atoms with Crippen LogP contribution in [-0.4, -0.2) is 51.0 Å². The highest BCUT2D eigenvalue weighted by atomic mass is 16.5. The van der Waals surface area contributed by atoms with Gasteiger partial charge in [0.15, 0.2) is 5.82 Å². The van der Waals surface area contributed by atoms with E-state index in [1.807, 2.05) is 51.6 Å². The number of rotatable bonds is 6. The van der Waals surface area contributed by atoms with Crippen LogP contribution in [0, 0.1) is 12.8 Å². The number of carbonyl (C=O) groups is 1. The molecule has 1 aliphatic rings. The van der Waals surface area contributed by atoms with E-state index in [-0.39, 0.29) is 5.60 Å². The molecule has 3 N–H and O–H groups in total. The molecule has 0 aliphatic carbocycles. The maximum atomic E-state index is 9.60. The van der Waals surface area contributed by atoms with Crippen LogP contribution in [0.5, 0.6) is 0 Å². The van der Waals surface area contributed by atoms with Gasteiger partial charge in [0.05, 0.1) is 0 Å². The molecular formula is C21H35N7O2. The molecule has 0 radical (unpaired) electrons. The smallest absolute Gasteiger partial charge is 0.293 e. The van der Waals surface area contributed by atoms with Gasteiger partial charge in [0.1, 0.15) is 11.4 Å². The first-order valence-electron chi connectivity index (χ1n) is 10.4. The summed E-state index contributed by atoms with van der Waals surface area (Å²) in [6, 6.07) is 4.36. The number of nitrogens with one attached hydrogen (secondary N) is 3. The molecule has 0 saturated carbocycles. The molecular weight excluding hydrogens is 382 g/mol. The second-order valence-electron chi connectivity index (χ2n) is 8.42. The maximum Gasteiger partial charge on any atom is 0.293 e. The highest BCUT2D eigenvalue weighted by Gasteiger charge is 2.23. The van der Waals surface area contributed by atoms with Crippen molar-refractivity contribution in [2.24, 2.45) is 13.0 Å². The second kappa shape index (κ2) is 10.9. The van der Waals surface area contributed by atoms with Crippen molar-refractivity contribution in [3.63, 3.8) is 0 Å². The fraction of sp³-hybridized carbons (Fsp3) is 0.619. The molecule has 2 atom stereocenters. The molecule has 1 fully saturated rings. The van der Waals surface area contributed by atoms with Crippen molar-refractivity contribution in [3.8, 4) is 0 Å². The van der Waals surface area contributed by atoms with Gasteiger partial charge >= 0.3 is 0 Å². The van der Waals surface area contributed by atoms with Crippen LogP contribution in [0.15, 0.2) is 18.3 Å². The minimum atomic E-state index is -0.318. The van der Waals surface area contributed by atoms with Crippen LogP contribution in [-0.2, 0) is 16.6 Å². The topological polar surface area (TPSA) is 106 Å². The number of carbonyl (C=O) groups excluding carboxylic acids is 1. The fourth-order valence-electron chi connectivity index (χ4n) is 3.11. The first-order valence-corrected chi connectivity index (χ1v) is 10.4. The molecule has 3 heterocycles. The molecule has 166 valence electrons. The van der Waals surface area contributed by atoms with Crippen LogP contribution in [0.1, 0.15) is 46.2 Å². The van der Waals surface area contributed by atoms with Crippen molar-refractivity contribution in [2.75, 3.05) is 23.7 Å². The van der Waals surface area contributed by atoms with E-state index in [1.165, 1.54) is 0 Å². The van der Waals surface area contributed by atoms with Gasteiger partial charge in [-0.3, -0.25) is 9.48 Å². The highest BCUT2D eigenvalue weighted by Crippen LogP contribution is 2.20. The van der Waals surface area contributed by atoms with Gasteiger partial charge in [0, 0.05) is 31.0 Å². The Hall–Kier alpha value is -2.68. The lowest BCUT2D eigenvalue weighted by atomic mass is 9.91. The molecule has 9 heteroatoms. The third-order valence-corrected chi connectivity index (χ3v) is 4.88. The average molecular weight is 418 g/mol. The molecule has 1 saturated heterocycles. The zero-order valence-corrected chi connectivity index (χ0v) is 18.9. The van der Waals surface area contributed by atoms with E-state index < -0.39 is 0 Å². The molecule has 1 aliphatic heterocycles. The van der Waals surface area contributed by atoms with Crippen LogP contribution in [0.2, 0.25) is 0 Å². The lowest BCUT2D eigenvalue weighted by Crippen LogP contribution is -2.43. The number of ether oxygens (including phenoxy) is 1. The average Bonchev–Trinajstić information content (AvgIpc) is 2.99. The Morgan fingerprint density at radius 3 is 2.70 bits per heavy atom. The van der Waals surface area contributed by atoms with Crippen LogP contribution < -0.4 is 16.0 Å². The number of aryl methyl sites for hydroxylation is 2. The van der Waals surface area contributed by atoms with E-state index in [0.717, 1.165) is 43.3 Å². The summed E-state index contributed by atoms with van der Waals surface area (Å²) in [4.78, 5) is 18.4. The Kier molecular flexibility index (Phi) is 8.58. The van der Waals surface area contributed by atoms with Gasteiger partial charge in [0.2, 0.25) is 5.95 Å². The molecule has 9 nitrogen and oxygen atoms in total. The van der Waals surface area contributed by atoms with Crippen molar-refractivity contribution in [2.45, 2.75) is 59.1 Å². The maximum absolute atomic E-state index is 9.60. The van der Waals surface area contributed by atoms with Gasteiger partial charge in [-0.05, 0) is 59.2 Å². The standard InChI is InChI=1S/C16H25N7.C5H10O2/c1-4-12-10-17-7-5-13(12)19-14-6-8-18-16(20-14)21-15-9-11(2)23(3)22-15;1-5(2,3)7-4-6/h6,8-9,12-13,17H,4-5,7,10H2,1-3H3,(H2,18,19,20,21,22);4H,1-3H3. The third-order valence-electron chi connectivity index (χ3n) is 4.88. The Morgan fingerprint density at radius 1 is 1.37 bits per heavy atom. The van der Waals surface area contributed by atoms with Gasteiger partial charge in [-0.2, -0.15) is 10.1 Å². The van der Waals surface area contributed by atoms with Crippen LogP contribution >= 0.6 is 0 Å². The molecule has 2 aromatic heterocycles. The van der Waals surface area contributed by atoms with E-state index in [9.17, 15) is 4.79 Å². The van der Waals surface area contributed by atoms with Crippen molar-refractivity contribution >= 4 is 24.1 Å². The summed E-state index contributed by atoms with van der Waals surface area (Å²) < 4.78 is 6.37. The van der Waals surface area contributed by atoms with E-state index in [1.54, 1.807) is 6.20 Å². The summed E-state index contributed by atoms with van der Waals surface area (Å²) in [5.74, 6) is 2.82. The van der Waals surface area contributed by atoms with Crippen molar-refractivity contribution < 1.29 is 9.53 Å². The summed E-state index contributed by atoms with van der Waals surface area (Å²) in [5, 5.41) is 14.6. The predicted octanol–water partition coefficient (Wildman–Crippen LogP) is 3.02. The number of nitrogens with zero attached hydrogens (tertiary/aromatic N) is 4. The number of piperidine rings is 1. The van der Waals surface area contributed by atoms with Crippen LogP contribution in [0.3, 0.4) is 0 Å². The highest BCUT2D eigenvalue weighted by molar-refractivity contribution is 5.50. The zero-order valence-electron chi connectivity index (χ0n) is 18.9. The number of anilines is 3. The van der Waals surface area contributed by atoms with E-state index in [0.29, 0.717) is 24.4 Å². The van der Waals surface area contributed by atoms with E-state index in [2.05, 4.69) is 42.7 Å². The SMILES string of the molecule is CC(C)(C)OC=O.CCC1CNCCC1Nc1ccnc(Nc2cc(C)n(C)n2)n1. The molecule has 2 aromatic rings. The Balaban J connectivity index is 0.000000396. The van der Waals surface area contributed by atoms with Crippen molar-refractivity contribution in [1.82, 2.24) is 25.1 Å². The molecule has 0 amide bonds. The Bertz CT molecular complexity index is 781.